The minimum atomic E-state index is -0.997. The van der Waals surface area contributed by atoms with Crippen LogP contribution in [0.4, 0.5) is 9.18 Å². The molecule has 1 aliphatic rings. The topological polar surface area (TPSA) is 84.5 Å². The summed E-state index contributed by atoms with van der Waals surface area (Å²) >= 11 is 11.3. The number of ether oxygens (including phenoxy) is 1. The van der Waals surface area contributed by atoms with E-state index in [0.29, 0.717) is 0 Å². The molecule has 1 aromatic rings. The van der Waals surface area contributed by atoms with Gasteiger partial charge in [0.25, 0.3) is 5.91 Å². The highest BCUT2D eigenvalue weighted by Gasteiger charge is 2.19. The molecule has 1 aromatic carbocycles. The van der Waals surface area contributed by atoms with Crippen LogP contribution < -0.4 is 10.6 Å². The number of esters is 1. The van der Waals surface area contributed by atoms with E-state index in [0.717, 1.165) is 44.2 Å². The summed E-state index contributed by atoms with van der Waals surface area (Å²) in [6.07, 6.45) is 4.96. The predicted molar refractivity (Wildman–Crippen MR) is 90.2 cm³/mol. The molecule has 0 spiro atoms. The van der Waals surface area contributed by atoms with E-state index in [-0.39, 0.29) is 21.7 Å². The van der Waals surface area contributed by atoms with E-state index in [1.165, 1.54) is 0 Å². The van der Waals surface area contributed by atoms with E-state index in [1.807, 2.05) is 0 Å². The molecule has 2 N–H and O–H groups in total. The van der Waals surface area contributed by atoms with Crippen molar-refractivity contribution in [3.8, 4) is 0 Å². The molecule has 1 saturated carbocycles. The van der Waals surface area contributed by atoms with Gasteiger partial charge in [0, 0.05) is 6.04 Å². The molecule has 3 amide bonds. The van der Waals surface area contributed by atoms with Gasteiger partial charge < -0.3 is 10.1 Å². The maximum Gasteiger partial charge on any atom is 0.340 e. The zero-order valence-electron chi connectivity index (χ0n) is 13.2. The molecule has 0 saturated heterocycles. The molecular formula is C16H17Cl2FN2O4. The van der Waals surface area contributed by atoms with Gasteiger partial charge in [-0.2, -0.15) is 0 Å². The molecule has 0 atom stereocenters. The van der Waals surface area contributed by atoms with Crippen LogP contribution in [0.1, 0.15) is 42.5 Å². The number of urea groups is 1. The van der Waals surface area contributed by atoms with Crippen molar-refractivity contribution < 1.29 is 23.5 Å². The van der Waals surface area contributed by atoms with E-state index in [1.54, 1.807) is 0 Å². The van der Waals surface area contributed by atoms with E-state index in [2.05, 4.69) is 10.6 Å². The standard InChI is InChI=1S/C16H17Cl2FN2O4/c17-11-7-12(18)13(19)6-10(11)15(23)25-8-14(22)21-16(24)20-9-4-2-1-3-5-9/h6-7,9H,1-5,8H2,(H2,20,21,22,24). The lowest BCUT2D eigenvalue weighted by Gasteiger charge is -2.22. The third kappa shape index (κ3) is 5.86. The predicted octanol–water partition coefficient (Wildman–Crippen LogP) is 3.45. The minimum Gasteiger partial charge on any atom is -0.452 e. The van der Waals surface area contributed by atoms with Crippen molar-refractivity contribution in [2.45, 2.75) is 38.1 Å². The van der Waals surface area contributed by atoms with Gasteiger partial charge in [-0.05, 0) is 25.0 Å². The van der Waals surface area contributed by atoms with Crippen LogP contribution in [0.2, 0.25) is 10.0 Å². The zero-order chi connectivity index (χ0) is 18.4. The van der Waals surface area contributed by atoms with E-state index >= 15 is 0 Å². The maximum absolute atomic E-state index is 13.4. The molecule has 6 nitrogen and oxygen atoms in total. The van der Waals surface area contributed by atoms with Crippen LogP contribution in [0, 0.1) is 5.82 Å². The number of imide groups is 1. The SMILES string of the molecule is O=C(COC(=O)c1cc(F)c(Cl)cc1Cl)NC(=O)NC1CCCCC1. The van der Waals surface area contributed by atoms with E-state index in [4.69, 9.17) is 27.9 Å². The lowest BCUT2D eigenvalue weighted by Crippen LogP contribution is -2.46. The van der Waals surface area contributed by atoms with Gasteiger partial charge in [-0.15, -0.1) is 0 Å². The van der Waals surface area contributed by atoms with Crippen LogP contribution in [0.5, 0.6) is 0 Å². The Balaban J connectivity index is 1.80. The highest BCUT2D eigenvalue weighted by molar-refractivity contribution is 6.36. The van der Waals surface area contributed by atoms with Gasteiger partial charge in [0.05, 0.1) is 15.6 Å². The molecule has 136 valence electrons. The number of halogens is 3. The van der Waals surface area contributed by atoms with Crippen LogP contribution in [-0.2, 0) is 9.53 Å². The lowest BCUT2D eigenvalue weighted by atomic mass is 9.96. The van der Waals surface area contributed by atoms with Gasteiger partial charge in [0.2, 0.25) is 0 Å². The Kier molecular flexibility index (Phi) is 7.01. The molecule has 2 rings (SSSR count). The van der Waals surface area contributed by atoms with Gasteiger partial charge in [-0.25, -0.2) is 14.0 Å². The molecule has 9 heteroatoms. The van der Waals surface area contributed by atoms with Crippen molar-refractivity contribution in [3.63, 3.8) is 0 Å². The monoisotopic (exact) mass is 390 g/mol. The van der Waals surface area contributed by atoms with Gasteiger partial charge >= 0.3 is 12.0 Å². The number of benzene rings is 1. The van der Waals surface area contributed by atoms with E-state index < -0.39 is 30.3 Å². The van der Waals surface area contributed by atoms with Crippen LogP contribution in [0.3, 0.4) is 0 Å². The summed E-state index contributed by atoms with van der Waals surface area (Å²) < 4.78 is 18.1. The second-order valence-corrected chi connectivity index (χ2v) is 6.49. The largest absolute Gasteiger partial charge is 0.452 e. The number of hydrogen-bond acceptors (Lipinski definition) is 4. The van der Waals surface area contributed by atoms with Crippen molar-refractivity contribution in [1.82, 2.24) is 10.6 Å². The molecule has 0 heterocycles. The van der Waals surface area contributed by atoms with E-state index in [9.17, 15) is 18.8 Å². The number of rotatable bonds is 4. The summed E-state index contributed by atoms with van der Waals surface area (Å²) in [5.41, 5.74) is -0.261. The van der Waals surface area contributed by atoms with Gasteiger partial charge in [-0.3, -0.25) is 10.1 Å². The molecule has 0 unspecified atom stereocenters. The number of nitrogens with one attached hydrogen (secondary N) is 2. The molecule has 25 heavy (non-hydrogen) atoms. The lowest BCUT2D eigenvalue weighted by molar-refractivity contribution is -0.123. The quantitative estimate of drug-likeness (QED) is 0.608. The first-order valence-electron chi connectivity index (χ1n) is 7.79. The Morgan fingerprint density at radius 3 is 2.48 bits per heavy atom. The number of carbonyl (C=O) groups excluding carboxylic acids is 3. The van der Waals surface area contributed by atoms with Gasteiger partial charge in [0.1, 0.15) is 5.82 Å². The fraction of sp³-hybridized carbons (Fsp3) is 0.438. The molecular weight excluding hydrogens is 374 g/mol. The Morgan fingerprint density at radius 2 is 1.80 bits per heavy atom. The van der Waals surface area contributed by atoms with Crippen LogP contribution in [0.15, 0.2) is 12.1 Å². The third-order valence-corrected chi connectivity index (χ3v) is 4.36. The summed E-state index contributed by atoms with van der Waals surface area (Å²) in [5, 5.41) is 4.43. The zero-order valence-corrected chi connectivity index (χ0v) is 14.8. The first kappa shape index (κ1) is 19.5. The summed E-state index contributed by atoms with van der Waals surface area (Å²) in [6, 6.07) is 1.29. The Bertz CT molecular complexity index is 678. The minimum absolute atomic E-state index is 0.0416. The van der Waals surface area contributed by atoms with Crippen molar-refractivity contribution in [1.29, 1.82) is 0 Å². The second kappa shape index (κ2) is 9.01. The summed E-state index contributed by atoms with van der Waals surface area (Å²) in [5.74, 6) is -2.63. The highest BCUT2D eigenvalue weighted by Crippen LogP contribution is 2.24. The maximum atomic E-state index is 13.4. The first-order valence-corrected chi connectivity index (χ1v) is 8.54. The van der Waals surface area contributed by atoms with Crippen molar-refractivity contribution in [3.05, 3.63) is 33.6 Å². The van der Waals surface area contributed by atoms with Crippen LogP contribution in [-0.4, -0.2) is 30.6 Å². The number of carbonyl (C=O) groups is 3. The Labute approximate surface area is 154 Å². The van der Waals surface area contributed by atoms with Crippen molar-refractivity contribution in [2.24, 2.45) is 0 Å². The molecule has 0 bridgehead atoms. The van der Waals surface area contributed by atoms with Crippen LogP contribution >= 0.6 is 23.2 Å². The average Bonchev–Trinajstić information content (AvgIpc) is 2.56. The number of hydrogen-bond donors (Lipinski definition) is 2. The third-order valence-electron chi connectivity index (χ3n) is 3.76. The second-order valence-electron chi connectivity index (χ2n) is 5.68. The normalized spacial score (nSPS) is 14.7. The number of amides is 3. The first-order chi connectivity index (χ1) is 11.9. The highest BCUT2D eigenvalue weighted by atomic mass is 35.5. The molecule has 0 radical (unpaired) electrons. The summed E-state index contributed by atoms with van der Waals surface area (Å²) in [4.78, 5) is 35.2. The van der Waals surface area contributed by atoms with Crippen LogP contribution in [0.25, 0.3) is 0 Å². The van der Waals surface area contributed by atoms with Gasteiger partial charge in [0.15, 0.2) is 6.61 Å². The Hall–Kier alpha value is -1.86. The van der Waals surface area contributed by atoms with Crippen molar-refractivity contribution >= 4 is 41.1 Å². The Morgan fingerprint density at radius 1 is 1.12 bits per heavy atom. The fourth-order valence-electron chi connectivity index (χ4n) is 2.52. The smallest absolute Gasteiger partial charge is 0.340 e. The molecule has 1 aliphatic carbocycles. The average molecular weight is 391 g/mol. The summed E-state index contributed by atoms with van der Waals surface area (Å²) in [6.45, 7) is -0.697. The molecule has 0 aliphatic heterocycles. The molecule has 1 fully saturated rings. The van der Waals surface area contributed by atoms with Crippen molar-refractivity contribution in [2.75, 3.05) is 6.61 Å². The molecule has 0 aromatic heterocycles. The fourth-order valence-corrected chi connectivity index (χ4v) is 2.98. The van der Waals surface area contributed by atoms with Gasteiger partial charge in [-0.1, -0.05) is 42.5 Å². The summed E-state index contributed by atoms with van der Waals surface area (Å²) in [7, 11) is 0.